The summed E-state index contributed by atoms with van der Waals surface area (Å²) in [5.74, 6) is -0.453. The molecule has 0 saturated carbocycles. The summed E-state index contributed by atoms with van der Waals surface area (Å²) in [6.45, 7) is 2.09. The number of hydrogen-bond acceptors (Lipinski definition) is 2. The number of aromatic amines is 1. The average Bonchev–Trinajstić information content (AvgIpc) is 3.04. The number of aryl methyl sites for hydroxylation is 1. The summed E-state index contributed by atoms with van der Waals surface area (Å²) in [6, 6.07) is 14.7. The first-order valence-electron chi connectivity index (χ1n) is 7.90. The van der Waals surface area contributed by atoms with Crippen molar-refractivity contribution in [1.82, 2.24) is 4.98 Å². The van der Waals surface area contributed by atoms with Gasteiger partial charge in [0.05, 0.1) is 0 Å². The third-order valence-corrected chi connectivity index (χ3v) is 4.23. The van der Waals surface area contributed by atoms with Crippen LogP contribution in [0.3, 0.4) is 0 Å². The number of nitrogens with zero attached hydrogens (tertiary/aromatic N) is 1. The molecule has 25 heavy (non-hydrogen) atoms. The number of carbonyl (C=O) groups is 1. The van der Waals surface area contributed by atoms with Crippen LogP contribution in [0.1, 0.15) is 18.1 Å². The quantitative estimate of drug-likeness (QED) is 0.518. The number of rotatable bonds is 4. The van der Waals surface area contributed by atoms with Crippen LogP contribution in [0.4, 0.5) is 5.69 Å². The van der Waals surface area contributed by atoms with E-state index in [-0.39, 0.29) is 5.57 Å². The Hall–Kier alpha value is -3.03. The molecule has 0 saturated heterocycles. The van der Waals surface area contributed by atoms with Gasteiger partial charge in [0, 0.05) is 33.4 Å². The lowest BCUT2D eigenvalue weighted by atomic mass is 10.1. The summed E-state index contributed by atoms with van der Waals surface area (Å²) in [5.41, 5.74) is 3.67. The zero-order chi connectivity index (χ0) is 17.8. The minimum absolute atomic E-state index is 0.0396. The van der Waals surface area contributed by atoms with Crippen LogP contribution in [0.5, 0.6) is 0 Å². The van der Waals surface area contributed by atoms with E-state index in [0.717, 1.165) is 22.9 Å². The van der Waals surface area contributed by atoms with E-state index in [1.807, 2.05) is 24.4 Å². The number of para-hydroxylation sites is 1. The highest BCUT2D eigenvalue weighted by atomic mass is 35.5. The molecule has 124 valence electrons. The van der Waals surface area contributed by atoms with Crippen molar-refractivity contribution in [2.45, 2.75) is 13.3 Å². The number of hydrogen-bond donors (Lipinski definition) is 2. The molecule has 0 fully saturated rings. The van der Waals surface area contributed by atoms with Crippen molar-refractivity contribution in [1.29, 1.82) is 5.26 Å². The smallest absolute Gasteiger partial charge is 0.266 e. The topological polar surface area (TPSA) is 68.7 Å². The van der Waals surface area contributed by atoms with Crippen LogP contribution in [0.25, 0.3) is 17.0 Å². The second-order valence-corrected chi connectivity index (χ2v) is 6.00. The number of aromatic nitrogens is 1. The molecule has 0 aliphatic carbocycles. The fraction of sp³-hybridized carbons (Fsp3) is 0.100. The number of nitrogens with one attached hydrogen (secondary N) is 2. The van der Waals surface area contributed by atoms with Gasteiger partial charge in [0.1, 0.15) is 11.6 Å². The molecule has 2 aromatic carbocycles. The molecule has 3 rings (SSSR count). The van der Waals surface area contributed by atoms with Crippen LogP contribution in [-0.2, 0) is 11.2 Å². The molecule has 1 heterocycles. The molecule has 0 spiro atoms. The molecule has 0 aliphatic heterocycles. The minimum atomic E-state index is -0.453. The lowest BCUT2D eigenvalue weighted by Gasteiger charge is -2.04. The number of amides is 1. The number of fused-ring (bicyclic) bond motifs is 1. The van der Waals surface area contributed by atoms with E-state index in [0.29, 0.717) is 10.7 Å². The Bertz CT molecular complexity index is 994. The molecule has 5 heteroatoms. The third-order valence-electron chi connectivity index (χ3n) is 3.98. The summed E-state index contributed by atoms with van der Waals surface area (Å²) in [5, 5.41) is 13.7. The Kier molecular flexibility index (Phi) is 4.87. The van der Waals surface area contributed by atoms with Crippen molar-refractivity contribution in [3.8, 4) is 6.07 Å². The molecule has 4 nitrogen and oxygen atoms in total. The first-order valence-corrected chi connectivity index (χ1v) is 8.28. The van der Waals surface area contributed by atoms with Gasteiger partial charge >= 0.3 is 0 Å². The van der Waals surface area contributed by atoms with Crippen LogP contribution in [-0.4, -0.2) is 10.9 Å². The summed E-state index contributed by atoms with van der Waals surface area (Å²) < 4.78 is 0. The molecule has 0 bridgehead atoms. The number of carbonyl (C=O) groups excluding carboxylic acids is 1. The number of H-pyrrole nitrogens is 1. The molecule has 1 aromatic heterocycles. The van der Waals surface area contributed by atoms with Crippen molar-refractivity contribution in [3.63, 3.8) is 0 Å². The SMILES string of the molecule is CCc1cccc2c(/C=C(\C#N)C(=O)Nc3ccc(Cl)cc3)c[nH]c12. The third kappa shape index (κ3) is 3.57. The lowest BCUT2D eigenvalue weighted by Crippen LogP contribution is -2.13. The van der Waals surface area contributed by atoms with E-state index in [9.17, 15) is 10.1 Å². The lowest BCUT2D eigenvalue weighted by molar-refractivity contribution is -0.112. The summed E-state index contributed by atoms with van der Waals surface area (Å²) in [4.78, 5) is 15.6. The Morgan fingerprint density at radius 3 is 2.72 bits per heavy atom. The van der Waals surface area contributed by atoms with Crippen molar-refractivity contribution in [3.05, 3.63) is 70.4 Å². The predicted octanol–water partition coefficient (Wildman–Crippen LogP) is 4.93. The van der Waals surface area contributed by atoms with Crippen LogP contribution >= 0.6 is 11.6 Å². The maximum Gasteiger partial charge on any atom is 0.266 e. The number of anilines is 1. The van der Waals surface area contributed by atoms with E-state index in [4.69, 9.17) is 11.6 Å². The van der Waals surface area contributed by atoms with Gasteiger partial charge in [0.2, 0.25) is 0 Å². The Balaban J connectivity index is 1.91. The van der Waals surface area contributed by atoms with Crippen molar-refractivity contribution in [2.75, 3.05) is 5.32 Å². The Labute approximate surface area is 150 Å². The average molecular weight is 350 g/mol. The van der Waals surface area contributed by atoms with Crippen LogP contribution in [0, 0.1) is 11.3 Å². The van der Waals surface area contributed by atoms with Gasteiger partial charge in [-0.15, -0.1) is 0 Å². The second-order valence-electron chi connectivity index (χ2n) is 5.57. The van der Waals surface area contributed by atoms with Crippen molar-refractivity contribution < 1.29 is 4.79 Å². The van der Waals surface area contributed by atoms with Gasteiger partial charge in [-0.2, -0.15) is 5.26 Å². The molecule has 2 N–H and O–H groups in total. The summed E-state index contributed by atoms with van der Waals surface area (Å²) >= 11 is 5.83. The van der Waals surface area contributed by atoms with Gasteiger partial charge in [-0.25, -0.2) is 0 Å². The minimum Gasteiger partial charge on any atom is -0.360 e. The highest BCUT2D eigenvalue weighted by molar-refractivity contribution is 6.30. The zero-order valence-electron chi connectivity index (χ0n) is 13.6. The molecule has 3 aromatic rings. The van der Waals surface area contributed by atoms with E-state index in [1.54, 1.807) is 30.3 Å². The molecule has 1 amide bonds. The van der Waals surface area contributed by atoms with Gasteiger partial charge in [0.15, 0.2) is 0 Å². The zero-order valence-corrected chi connectivity index (χ0v) is 14.4. The Morgan fingerprint density at radius 2 is 2.04 bits per heavy atom. The number of nitriles is 1. The Morgan fingerprint density at radius 1 is 1.28 bits per heavy atom. The van der Waals surface area contributed by atoms with Gasteiger partial charge < -0.3 is 10.3 Å². The maximum absolute atomic E-state index is 12.4. The fourth-order valence-electron chi connectivity index (χ4n) is 2.69. The molecular weight excluding hydrogens is 334 g/mol. The molecule has 0 unspecified atom stereocenters. The molecule has 0 atom stereocenters. The molecule has 0 radical (unpaired) electrons. The molecule has 0 aliphatic rings. The van der Waals surface area contributed by atoms with Crippen molar-refractivity contribution >= 4 is 40.2 Å². The summed E-state index contributed by atoms with van der Waals surface area (Å²) in [6.07, 6.45) is 4.32. The van der Waals surface area contributed by atoms with Crippen molar-refractivity contribution in [2.24, 2.45) is 0 Å². The highest BCUT2D eigenvalue weighted by Crippen LogP contribution is 2.24. The van der Waals surface area contributed by atoms with Gasteiger partial charge in [0.25, 0.3) is 5.91 Å². The van der Waals surface area contributed by atoms with Gasteiger partial charge in [-0.1, -0.05) is 36.7 Å². The normalized spacial score (nSPS) is 11.3. The maximum atomic E-state index is 12.4. The summed E-state index contributed by atoms with van der Waals surface area (Å²) in [7, 11) is 0. The first kappa shape index (κ1) is 16.8. The van der Waals surface area contributed by atoms with E-state index in [1.165, 1.54) is 5.56 Å². The number of benzene rings is 2. The van der Waals surface area contributed by atoms with Gasteiger partial charge in [-0.05, 0) is 42.3 Å². The van der Waals surface area contributed by atoms with Crippen LogP contribution in [0.2, 0.25) is 5.02 Å². The predicted molar refractivity (Wildman–Crippen MR) is 101 cm³/mol. The highest BCUT2D eigenvalue weighted by Gasteiger charge is 2.12. The fourth-order valence-corrected chi connectivity index (χ4v) is 2.81. The largest absolute Gasteiger partial charge is 0.360 e. The van der Waals surface area contributed by atoms with E-state index < -0.39 is 5.91 Å². The monoisotopic (exact) mass is 349 g/mol. The second kappa shape index (κ2) is 7.25. The number of halogens is 1. The van der Waals surface area contributed by atoms with E-state index in [2.05, 4.69) is 23.3 Å². The van der Waals surface area contributed by atoms with E-state index >= 15 is 0 Å². The van der Waals surface area contributed by atoms with Crippen LogP contribution < -0.4 is 5.32 Å². The van der Waals surface area contributed by atoms with Gasteiger partial charge in [-0.3, -0.25) is 4.79 Å². The van der Waals surface area contributed by atoms with Crippen LogP contribution in [0.15, 0.2) is 54.2 Å². The standard InChI is InChI=1S/C20H16ClN3O/c1-2-13-4-3-5-18-15(12-23-19(13)18)10-14(11-22)20(25)24-17-8-6-16(21)7-9-17/h3-10,12,23H,2H2,1H3,(H,24,25)/b14-10+. The molecular formula is C20H16ClN3O. The first-order chi connectivity index (χ1) is 12.1.